The van der Waals surface area contributed by atoms with E-state index >= 15 is 0 Å². The van der Waals surface area contributed by atoms with Gasteiger partial charge in [0.25, 0.3) is 0 Å². The molecule has 5 nitrogen and oxygen atoms in total. The molecule has 2 aliphatic heterocycles. The van der Waals surface area contributed by atoms with Crippen molar-refractivity contribution >= 4 is 45.0 Å². The number of phenolic OH excluding ortho intramolecular Hbond substituents is 1. The second-order valence-corrected chi connectivity index (χ2v) is 7.87. The Labute approximate surface area is 178 Å². The predicted molar refractivity (Wildman–Crippen MR) is 122 cm³/mol. The van der Waals surface area contributed by atoms with Crippen molar-refractivity contribution in [1.29, 1.82) is 0 Å². The van der Waals surface area contributed by atoms with Gasteiger partial charge in [0.1, 0.15) is 10.8 Å². The molecule has 0 spiro atoms. The Kier molecular flexibility index (Phi) is 4.54. The SMILES string of the molecule is Oc1ccc(C2N=C3SC(c4ccccc4)=NN3C(=S)N2c2ccccc2)cc1. The number of thiocarbonyl (C=S) groups is 1. The summed E-state index contributed by atoms with van der Waals surface area (Å²) in [5, 5.41) is 18.3. The standard InChI is InChI=1S/C22H16N4OS2/c27-18-13-11-15(12-14-18)19-23-21-26(22(28)25(19)17-9-5-2-6-10-17)24-20(29-21)16-7-3-1-4-8-16/h1-14,19,27H. The fourth-order valence-electron chi connectivity index (χ4n) is 3.27. The van der Waals surface area contributed by atoms with Crippen LogP contribution >= 0.6 is 24.0 Å². The third-order valence-electron chi connectivity index (χ3n) is 4.67. The minimum atomic E-state index is -0.338. The molecule has 5 rings (SSSR count). The minimum absolute atomic E-state index is 0.220. The topological polar surface area (TPSA) is 51.4 Å². The van der Waals surface area contributed by atoms with Gasteiger partial charge in [0.2, 0.25) is 5.11 Å². The molecule has 3 aromatic rings. The Balaban J connectivity index is 1.60. The molecule has 0 fully saturated rings. The summed E-state index contributed by atoms with van der Waals surface area (Å²) in [5.74, 6) is 0.220. The van der Waals surface area contributed by atoms with Gasteiger partial charge < -0.3 is 5.11 Å². The number of amidine groups is 1. The van der Waals surface area contributed by atoms with Crippen LogP contribution in [-0.2, 0) is 0 Å². The summed E-state index contributed by atoms with van der Waals surface area (Å²) in [5.41, 5.74) is 2.91. The van der Waals surface area contributed by atoms with Crippen molar-refractivity contribution < 1.29 is 5.11 Å². The monoisotopic (exact) mass is 416 g/mol. The predicted octanol–water partition coefficient (Wildman–Crippen LogP) is 4.96. The molecule has 1 N–H and O–H groups in total. The summed E-state index contributed by atoms with van der Waals surface area (Å²) in [6.45, 7) is 0. The molecule has 7 heteroatoms. The quantitative estimate of drug-likeness (QED) is 0.612. The van der Waals surface area contributed by atoms with E-state index in [-0.39, 0.29) is 11.9 Å². The maximum atomic E-state index is 9.70. The summed E-state index contributed by atoms with van der Waals surface area (Å²) >= 11 is 7.37. The van der Waals surface area contributed by atoms with E-state index in [4.69, 9.17) is 22.3 Å². The van der Waals surface area contributed by atoms with Gasteiger partial charge in [-0.15, -0.1) is 0 Å². The van der Waals surface area contributed by atoms with Crippen LogP contribution in [0, 0.1) is 0 Å². The molecule has 2 heterocycles. The molecule has 0 aliphatic carbocycles. The fraction of sp³-hybridized carbons (Fsp3) is 0.0455. The van der Waals surface area contributed by atoms with Crippen LogP contribution in [0.25, 0.3) is 0 Å². The first-order valence-electron chi connectivity index (χ1n) is 9.08. The zero-order chi connectivity index (χ0) is 19.8. The van der Waals surface area contributed by atoms with E-state index in [2.05, 4.69) is 0 Å². The highest BCUT2D eigenvalue weighted by Crippen LogP contribution is 2.38. The van der Waals surface area contributed by atoms with Gasteiger partial charge in [0, 0.05) is 11.3 Å². The zero-order valence-electron chi connectivity index (χ0n) is 15.2. The maximum absolute atomic E-state index is 9.70. The largest absolute Gasteiger partial charge is 0.508 e. The average molecular weight is 417 g/mol. The third kappa shape index (κ3) is 3.28. The third-order valence-corrected chi connectivity index (χ3v) is 6.01. The van der Waals surface area contributed by atoms with Crippen LogP contribution in [0.15, 0.2) is 95.0 Å². The van der Waals surface area contributed by atoms with Crippen LogP contribution in [0.2, 0.25) is 0 Å². The first-order chi connectivity index (χ1) is 14.2. The molecule has 1 atom stereocenters. The molecule has 0 radical (unpaired) electrons. The number of hydrogen-bond acceptors (Lipinski definition) is 5. The summed E-state index contributed by atoms with van der Waals surface area (Å²) in [6.07, 6.45) is -0.338. The van der Waals surface area contributed by atoms with Crippen molar-refractivity contribution in [2.24, 2.45) is 10.1 Å². The molecule has 29 heavy (non-hydrogen) atoms. The van der Waals surface area contributed by atoms with Crippen molar-refractivity contribution in [3.8, 4) is 5.75 Å². The number of anilines is 1. The van der Waals surface area contributed by atoms with Gasteiger partial charge in [-0.2, -0.15) is 10.1 Å². The lowest BCUT2D eigenvalue weighted by molar-refractivity contribution is 0.474. The van der Waals surface area contributed by atoms with Gasteiger partial charge in [-0.05, 0) is 53.8 Å². The summed E-state index contributed by atoms with van der Waals surface area (Å²) in [4.78, 5) is 6.96. The van der Waals surface area contributed by atoms with Crippen LogP contribution in [0.4, 0.5) is 5.69 Å². The van der Waals surface area contributed by atoms with E-state index < -0.39 is 0 Å². The molecular weight excluding hydrogens is 400 g/mol. The smallest absolute Gasteiger partial charge is 0.205 e. The first kappa shape index (κ1) is 17.9. The lowest BCUT2D eigenvalue weighted by atomic mass is 10.1. The highest BCUT2D eigenvalue weighted by Gasteiger charge is 2.39. The van der Waals surface area contributed by atoms with E-state index in [1.54, 1.807) is 17.1 Å². The molecule has 0 aromatic heterocycles. The van der Waals surface area contributed by atoms with Gasteiger partial charge in [0.05, 0.1) is 0 Å². The molecule has 3 aromatic carbocycles. The van der Waals surface area contributed by atoms with Gasteiger partial charge >= 0.3 is 0 Å². The van der Waals surface area contributed by atoms with Crippen LogP contribution in [0.3, 0.4) is 0 Å². The molecule has 2 aliphatic rings. The minimum Gasteiger partial charge on any atom is -0.508 e. The molecule has 0 amide bonds. The Morgan fingerprint density at radius 3 is 2.21 bits per heavy atom. The molecule has 0 bridgehead atoms. The van der Waals surface area contributed by atoms with Crippen molar-refractivity contribution in [2.75, 3.05) is 4.90 Å². The Morgan fingerprint density at radius 2 is 1.52 bits per heavy atom. The molecule has 0 saturated carbocycles. The summed E-state index contributed by atoms with van der Waals surface area (Å²) < 4.78 is 0. The lowest BCUT2D eigenvalue weighted by Crippen LogP contribution is -2.47. The van der Waals surface area contributed by atoms with Crippen molar-refractivity contribution in [3.63, 3.8) is 0 Å². The van der Waals surface area contributed by atoms with Crippen LogP contribution < -0.4 is 4.90 Å². The Bertz CT molecular complexity index is 1110. The lowest BCUT2D eigenvalue weighted by Gasteiger charge is -2.37. The van der Waals surface area contributed by atoms with Crippen LogP contribution in [0.1, 0.15) is 17.3 Å². The number of fused-ring (bicyclic) bond motifs is 1. The number of hydrogen-bond donors (Lipinski definition) is 1. The number of rotatable bonds is 3. The average Bonchev–Trinajstić information content (AvgIpc) is 3.20. The van der Waals surface area contributed by atoms with E-state index in [9.17, 15) is 5.11 Å². The number of nitrogens with zero attached hydrogens (tertiary/aromatic N) is 4. The molecule has 1 unspecified atom stereocenters. The summed E-state index contributed by atoms with van der Waals surface area (Å²) in [6, 6.07) is 27.0. The van der Waals surface area contributed by atoms with E-state index in [0.717, 1.165) is 27.0 Å². The van der Waals surface area contributed by atoms with Gasteiger partial charge in [-0.3, -0.25) is 4.90 Å². The van der Waals surface area contributed by atoms with Crippen molar-refractivity contribution in [3.05, 3.63) is 96.1 Å². The molecule has 142 valence electrons. The first-order valence-corrected chi connectivity index (χ1v) is 10.3. The zero-order valence-corrected chi connectivity index (χ0v) is 16.8. The van der Waals surface area contributed by atoms with Crippen LogP contribution in [0.5, 0.6) is 5.75 Å². The Hall–Kier alpha value is -3.16. The second kappa shape index (κ2) is 7.35. The number of thioether (sulfide) groups is 1. The normalized spacial score (nSPS) is 18.3. The van der Waals surface area contributed by atoms with Gasteiger partial charge in [-0.25, -0.2) is 4.99 Å². The van der Waals surface area contributed by atoms with Gasteiger partial charge in [0.15, 0.2) is 11.3 Å². The summed E-state index contributed by atoms with van der Waals surface area (Å²) in [7, 11) is 0. The number of para-hydroxylation sites is 1. The van der Waals surface area contributed by atoms with E-state index in [1.807, 2.05) is 77.7 Å². The second-order valence-electron chi connectivity index (χ2n) is 6.55. The van der Waals surface area contributed by atoms with E-state index in [1.165, 1.54) is 11.8 Å². The molecular formula is C22H16N4OS2. The van der Waals surface area contributed by atoms with E-state index in [0.29, 0.717) is 5.11 Å². The molecule has 0 saturated heterocycles. The number of hydrazone groups is 1. The fourth-order valence-corrected chi connectivity index (χ4v) is 4.57. The van der Waals surface area contributed by atoms with Crippen LogP contribution in [-0.4, -0.2) is 25.4 Å². The van der Waals surface area contributed by atoms with Crippen molar-refractivity contribution in [1.82, 2.24) is 5.01 Å². The highest BCUT2D eigenvalue weighted by atomic mass is 32.2. The number of aliphatic imine (C=N–C) groups is 1. The maximum Gasteiger partial charge on any atom is 0.205 e. The number of aromatic hydroxyl groups is 1. The number of phenols is 1. The van der Waals surface area contributed by atoms with Crippen molar-refractivity contribution in [2.45, 2.75) is 6.17 Å². The highest BCUT2D eigenvalue weighted by molar-refractivity contribution is 8.27. The van der Waals surface area contributed by atoms with Gasteiger partial charge in [-0.1, -0.05) is 60.7 Å². The Morgan fingerprint density at radius 1 is 0.862 bits per heavy atom. The number of benzene rings is 3.